The number of carbonyl (C=O) groups is 2. The number of rotatable bonds is 8. The number of sulfonamides is 1. The third-order valence-electron chi connectivity index (χ3n) is 4.23. The maximum atomic E-state index is 13.3. The molecule has 0 spiro atoms. The van der Waals surface area contributed by atoms with Crippen LogP contribution in [0.25, 0.3) is 0 Å². The van der Waals surface area contributed by atoms with Gasteiger partial charge in [0.25, 0.3) is 5.91 Å². The number of benzene rings is 2. The van der Waals surface area contributed by atoms with Crippen LogP contribution in [0.1, 0.15) is 30.5 Å². The molecule has 0 unspecified atom stereocenters. The van der Waals surface area contributed by atoms with Crippen LogP contribution in [0, 0.1) is 5.82 Å². The molecule has 0 saturated heterocycles. The summed E-state index contributed by atoms with van der Waals surface area (Å²) in [6.07, 6.45) is 0. The molecule has 0 aliphatic carbocycles. The van der Waals surface area contributed by atoms with Crippen molar-refractivity contribution in [3.63, 3.8) is 0 Å². The summed E-state index contributed by atoms with van der Waals surface area (Å²) in [6, 6.07) is 14.8. The highest BCUT2D eigenvalue weighted by Crippen LogP contribution is 2.18. The highest BCUT2D eigenvalue weighted by atomic mass is 32.2. The fraction of sp³-hybridized carbons (Fsp3) is 0.143. The summed E-state index contributed by atoms with van der Waals surface area (Å²) in [4.78, 5) is 24.5. The molecule has 3 rings (SSSR count). The van der Waals surface area contributed by atoms with Crippen molar-refractivity contribution in [3.8, 4) is 0 Å². The van der Waals surface area contributed by atoms with Crippen LogP contribution in [-0.2, 0) is 27.8 Å². The number of ether oxygens (including phenoxy) is 1. The SMILES string of the molecule is COC(=O)c1ccc(C(=O)NCc2cccc(S(=O)(=O)NCc3cccc(F)c3)c2)s1. The lowest BCUT2D eigenvalue weighted by Crippen LogP contribution is -2.24. The maximum absolute atomic E-state index is 13.3. The molecule has 162 valence electrons. The number of amides is 1. The quantitative estimate of drug-likeness (QED) is 0.501. The highest BCUT2D eigenvalue weighted by Gasteiger charge is 2.16. The lowest BCUT2D eigenvalue weighted by atomic mass is 10.2. The van der Waals surface area contributed by atoms with E-state index in [0.29, 0.717) is 20.9 Å². The Morgan fingerprint density at radius 2 is 1.65 bits per heavy atom. The molecule has 0 aliphatic rings. The van der Waals surface area contributed by atoms with Gasteiger partial charge in [0.1, 0.15) is 10.7 Å². The van der Waals surface area contributed by atoms with Crippen LogP contribution in [0.4, 0.5) is 4.39 Å². The highest BCUT2D eigenvalue weighted by molar-refractivity contribution is 7.89. The fourth-order valence-corrected chi connectivity index (χ4v) is 4.60. The standard InChI is InChI=1S/C21H19FN2O5S2/c1-29-21(26)19-9-8-18(30-19)20(25)23-12-15-5-3-7-17(11-15)31(27,28)24-13-14-4-2-6-16(22)10-14/h2-11,24H,12-13H2,1H3,(H,23,25). The Bertz CT molecular complexity index is 1210. The molecule has 1 amide bonds. The molecule has 0 radical (unpaired) electrons. The summed E-state index contributed by atoms with van der Waals surface area (Å²) in [5, 5.41) is 2.69. The van der Waals surface area contributed by atoms with Gasteiger partial charge in [0.2, 0.25) is 10.0 Å². The van der Waals surface area contributed by atoms with Crippen LogP contribution < -0.4 is 10.0 Å². The zero-order chi connectivity index (χ0) is 22.4. The number of hydrogen-bond donors (Lipinski definition) is 2. The number of methoxy groups -OCH3 is 1. The first-order valence-corrected chi connectivity index (χ1v) is 11.4. The Hall–Kier alpha value is -3.08. The third kappa shape index (κ3) is 5.97. The molecule has 0 atom stereocenters. The van der Waals surface area contributed by atoms with E-state index >= 15 is 0 Å². The van der Waals surface area contributed by atoms with Crippen molar-refractivity contribution >= 4 is 33.2 Å². The van der Waals surface area contributed by atoms with Crippen LogP contribution in [0.5, 0.6) is 0 Å². The lowest BCUT2D eigenvalue weighted by molar-refractivity contribution is 0.0606. The molecule has 2 N–H and O–H groups in total. The Morgan fingerprint density at radius 1 is 0.968 bits per heavy atom. The zero-order valence-electron chi connectivity index (χ0n) is 16.4. The van der Waals surface area contributed by atoms with Gasteiger partial charge in [-0.3, -0.25) is 4.79 Å². The first-order valence-electron chi connectivity index (χ1n) is 9.08. The van der Waals surface area contributed by atoms with Gasteiger partial charge in [-0.1, -0.05) is 24.3 Å². The summed E-state index contributed by atoms with van der Waals surface area (Å²) in [5.74, 6) is -1.36. The first kappa shape index (κ1) is 22.6. The van der Waals surface area contributed by atoms with Crippen LogP contribution >= 0.6 is 11.3 Å². The van der Waals surface area contributed by atoms with Gasteiger partial charge < -0.3 is 10.1 Å². The van der Waals surface area contributed by atoms with E-state index < -0.39 is 27.7 Å². The van der Waals surface area contributed by atoms with Crippen LogP contribution in [0.15, 0.2) is 65.6 Å². The van der Waals surface area contributed by atoms with Crippen molar-refractivity contribution in [1.82, 2.24) is 10.0 Å². The number of halogens is 1. The number of thiophene rings is 1. The predicted octanol–water partition coefficient (Wildman–Crippen LogP) is 3.08. The molecule has 2 aromatic carbocycles. The topological polar surface area (TPSA) is 102 Å². The first-order chi connectivity index (χ1) is 14.8. The Labute approximate surface area is 182 Å². The average molecular weight is 463 g/mol. The molecule has 0 bridgehead atoms. The average Bonchev–Trinajstić information content (AvgIpc) is 3.26. The van der Waals surface area contributed by atoms with Crippen LogP contribution in [0.3, 0.4) is 0 Å². The second-order valence-corrected chi connectivity index (χ2v) is 9.29. The number of carbonyl (C=O) groups excluding carboxylic acids is 2. The summed E-state index contributed by atoms with van der Waals surface area (Å²) in [7, 11) is -2.57. The molecule has 0 saturated carbocycles. The fourth-order valence-electron chi connectivity index (χ4n) is 2.67. The molecule has 10 heteroatoms. The van der Waals surface area contributed by atoms with Crippen molar-refractivity contribution in [1.29, 1.82) is 0 Å². The molecule has 1 aromatic heterocycles. The molecule has 3 aromatic rings. The minimum atomic E-state index is -3.83. The van der Waals surface area contributed by atoms with Crippen molar-refractivity contribution in [2.75, 3.05) is 7.11 Å². The second kappa shape index (κ2) is 9.82. The minimum absolute atomic E-state index is 0.0275. The Balaban J connectivity index is 1.63. The van der Waals surface area contributed by atoms with Crippen molar-refractivity contribution in [2.24, 2.45) is 0 Å². The Kier molecular flexibility index (Phi) is 7.16. The van der Waals surface area contributed by atoms with E-state index in [0.717, 1.165) is 11.3 Å². The number of esters is 1. The van der Waals surface area contributed by atoms with Gasteiger partial charge in [-0.25, -0.2) is 22.3 Å². The van der Waals surface area contributed by atoms with E-state index in [9.17, 15) is 22.4 Å². The number of hydrogen-bond acceptors (Lipinski definition) is 6. The van der Waals surface area contributed by atoms with E-state index in [2.05, 4.69) is 14.8 Å². The van der Waals surface area contributed by atoms with Crippen LogP contribution in [0.2, 0.25) is 0 Å². The summed E-state index contributed by atoms with van der Waals surface area (Å²) in [5.41, 5.74) is 1.07. The molecule has 0 aliphatic heterocycles. The van der Waals surface area contributed by atoms with Gasteiger partial charge in [0.15, 0.2) is 0 Å². The summed E-state index contributed by atoms with van der Waals surface area (Å²) >= 11 is 1.00. The minimum Gasteiger partial charge on any atom is -0.465 e. The summed E-state index contributed by atoms with van der Waals surface area (Å²) < 4.78 is 45.4. The smallest absolute Gasteiger partial charge is 0.348 e. The second-order valence-electron chi connectivity index (χ2n) is 6.44. The van der Waals surface area contributed by atoms with Crippen molar-refractivity contribution in [3.05, 3.63) is 87.4 Å². The van der Waals surface area contributed by atoms with Gasteiger partial charge in [-0.15, -0.1) is 11.3 Å². The van der Waals surface area contributed by atoms with E-state index in [1.54, 1.807) is 18.2 Å². The third-order valence-corrected chi connectivity index (χ3v) is 6.70. The molecule has 31 heavy (non-hydrogen) atoms. The predicted molar refractivity (Wildman–Crippen MR) is 114 cm³/mol. The van der Waals surface area contributed by atoms with E-state index in [-0.39, 0.29) is 18.0 Å². The number of nitrogens with one attached hydrogen (secondary N) is 2. The van der Waals surface area contributed by atoms with Crippen molar-refractivity contribution in [2.45, 2.75) is 18.0 Å². The molecule has 1 heterocycles. The normalized spacial score (nSPS) is 11.2. The van der Waals surface area contributed by atoms with Gasteiger partial charge >= 0.3 is 5.97 Å². The molecular weight excluding hydrogens is 443 g/mol. The zero-order valence-corrected chi connectivity index (χ0v) is 18.1. The van der Waals surface area contributed by atoms with E-state index in [1.165, 1.54) is 49.6 Å². The Morgan fingerprint density at radius 3 is 2.35 bits per heavy atom. The van der Waals surface area contributed by atoms with E-state index in [1.807, 2.05) is 0 Å². The summed E-state index contributed by atoms with van der Waals surface area (Å²) in [6.45, 7) is 0.0412. The van der Waals surface area contributed by atoms with Gasteiger partial charge in [-0.2, -0.15) is 0 Å². The molecule has 0 fully saturated rings. The lowest BCUT2D eigenvalue weighted by Gasteiger charge is -2.09. The van der Waals surface area contributed by atoms with Gasteiger partial charge in [0.05, 0.1) is 16.9 Å². The van der Waals surface area contributed by atoms with E-state index in [4.69, 9.17) is 0 Å². The van der Waals surface area contributed by atoms with Crippen LogP contribution in [-0.4, -0.2) is 27.4 Å². The van der Waals surface area contributed by atoms with Gasteiger partial charge in [0, 0.05) is 13.1 Å². The van der Waals surface area contributed by atoms with Gasteiger partial charge in [-0.05, 0) is 47.5 Å². The van der Waals surface area contributed by atoms with Crippen molar-refractivity contribution < 1.29 is 27.1 Å². The molecule has 7 nitrogen and oxygen atoms in total. The largest absolute Gasteiger partial charge is 0.465 e. The monoisotopic (exact) mass is 462 g/mol. The molecular formula is C21H19FN2O5S2. The maximum Gasteiger partial charge on any atom is 0.348 e.